The molecule has 8 heteroatoms. The SMILES string of the molecule is Cc1csc(C(C)NS(=O)(=O)c2cc(Cl)ccc2N)n1. The third-order valence-corrected chi connectivity index (χ3v) is 5.58. The fourth-order valence-corrected chi connectivity index (χ4v) is 4.14. The van der Waals surface area contributed by atoms with Crippen molar-refractivity contribution in [3.63, 3.8) is 0 Å². The topological polar surface area (TPSA) is 85.1 Å². The number of nitrogens with one attached hydrogen (secondary N) is 1. The molecule has 0 bridgehead atoms. The lowest BCUT2D eigenvalue weighted by atomic mass is 10.3. The predicted octanol–water partition coefficient (Wildman–Crippen LogP) is 2.73. The molecule has 0 amide bonds. The van der Waals surface area contributed by atoms with Crippen LogP contribution >= 0.6 is 22.9 Å². The molecule has 108 valence electrons. The smallest absolute Gasteiger partial charge is 0.243 e. The Bertz CT molecular complexity index is 728. The Morgan fingerprint density at radius 3 is 2.75 bits per heavy atom. The van der Waals surface area contributed by atoms with Gasteiger partial charge in [0.25, 0.3) is 0 Å². The number of halogens is 1. The van der Waals surface area contributed by atoms with Crippen molar-refractivity contribution in [3.05, 3.63) is 39.3 Å². The number of hydrogen-bond donors (Lipinski definition) is 2. The molecule has 0 fully saturated rings. The van der Waals surface area contributed by atoms with Gasteiger partial charge in [0.1, 0.15) is 9.90 Å². The van der Waals surface area contributed by atoms with Gasteiger partial charge in [-0.2, -0.15) is 0 Å². The van der Waals surface area contributed by atoms with Crippen molar-refractivity contribution in [2.75, 3.05) is 5.73 Å². The highest BCUT2D eigenvalue weighted by atomic mass is 35.5. The molecule has 0 aliphatic carbocycles. The largest absolute Gasteiger partial charge is 0.398 e. The summed E-state index contributed by atoms with van der Waals surface area (Å²) in [6, 6.07) is 3.91. The van der Waals surface area contributed by atoms with Crippen molar-refractivity contribution in [1.29, 1.82) is 0 Å². The molecule has 0 aliphatic rings. The monoisotopic (exact) mass is 331 g/mol. The minimum absolute atomic E-state index is 0.0230. The molecule has 20 heavy (non-hydrogen) atoms. The van der Waals surface area contributed by atoms with Crippen molar-refractivity contribution < 1.29 is 8.42 Å². The summed E-state index contributed by atoms with van der Waals surface area (Å²) in [6.07, 6.45) is 0. The number of thiazole rings is 1. The maximum Gasteiger partial charge on any atom is 0.243 e. The number of nitrogens with zero attached hydrogens (tertiary/aromatic N) is 1. The molecule has 2 rings (SSSR count). The van der Waals surface area contributed by atoms with Crippen LogP contribution in [0.4, 0.5) is 5.69 Å². The molecule has 0 saturated carbocycles. The van der Waals surface area contributed by atoms with Crippen molar-refractivity contribution in [2.45, 2.75) is 24.8 Å². The van der Waals surface area contributed by atoms with E-state index in [1.165, 1.54) is 23.5 Å². The number of sulfonamides is 1. The van der Waals surface area contributed by atoms with Crippen molar-refractivity contribution in [1.82, 2.24) is 9.71 Å². The normalized spacial score (nSPS) is 13.3. The highest BCUT2D eigenvalue weighted by molar-refractivity contribution is 7.89. The highest BCUT2D eigenvalue weighted by Gasteiger charge is 2.22. The van der Waals surface area contributed by atoms with E-state index in [0.717, 1.165) is 5.69 Å². The summed E-state index contributed by atoms with van der Waals surface area (Å²) in [5, 5.41) is 2.89. The maximum atomic E-state index is 12.3. The first-order chi connectivity index (χ1) is 9.29. The number of aryl methyl sites for hydroxylation is 1. The van der Waals surface area contributed by atoms with Crippen LogP contribution in [0.15, 0.2) is 28.5 Å². The lowest BCUT2D eigenvalue weighted by Gasteiger charge is -2.13. The summed E-state index contributed by atoms with van der Waals surface area (Å²) in [7, 11) is -3.74. The predicted molar refractivity (Wildman–Crippen MR) is 81.5 cm³/mol. The average molecular weight is 332 g/mol. The van der Waals surface area contributed by atoms with Gasteiger partial charge in [-0.25, -0.2) is 18.1 Å². The Morgan fingerprint density at radius 1 is 1.45 bits per heavy atom. The molecule has 1 atom stereocenters. The second-order valence-corrected chi connectivity index (χ2v) is 7.36. The fraction of sp³-hybridized carbons (Fsp3) is 0.250. The fourth-order valence-electron chi connectivity index (χ4n) is 1.66. The number of rotatable bonds is 4. The van der Waals surface area contributed by atoms with Gasteiger partial charge in [0, 0.05) is 16.1 Å². The van der Waals surface area contributed by atoms with E-state index < -0.39 is 16.1 Å². The van der Waals surface area contributed by atoms with Gasteiger partial charge >= 0.3 is 0 Å². The molecule has 0 radical (unpaired) electrons. The summed E-state index contributed by atoms with van der Waals surface area (Å²) in [4.78, 5) is 4.24. The Kier molecular flexibility index (Phi) is 4.33. The van der Waals surface area contributed by atoms with E-state index in [2.05, 4.69) is 9.71 Å². The molecule has 1 aromatic heterocycles. The first-order valence-corrected chi connectivity index (χ1v) is 8.53. The van der Waals surface area contributed by atoms with Crippen LogP contribution in [0.25, 0.3) is 0 Å². The Morgan fingerprint density at radius 2 is 2.15 bits per heavy atom. The van der Waals surface area contributed by atoms with Crippen LogP contribution in [0.1, 0.15) is 23.7 Å². The van der Waals surface area contributed by atoms with E-state index in [9.17, 15) is 8.42 Å². The van der Waals surface area contributed by atoms with E-state index in [1.54, 1.807) is 13.0 Å². The lowest BCUT2D eigenvalue weighted by Crippen LogP contribution is -2.27. The van der Waals surface area contributed by atoms with Crippen molar-refractivity contribution >= 4 is 38.6 Å². The summed E-state index contributed by atoms with van der Waals surface area (Å²) >= 11 is 7.23. The van der Waals surface area contributed by atoms with Crippen LogP contribution in [0.2, 0.25) is 5.02 Å². The van der Waals surface area contributed by atoms with E-state index in [-0.39, 0.29) is 10.6 Å². The summed E-state index contributed by atoms with van der Waals surface area (Å²) in [5.74, 6) is 0. The van der Waals surface area contributed by atoms with E-state index in [4.69, 9.17) is 17.3 Å². The zero-order chi connectivity index (χ0) is 14.9. The van der Waals surface area contributed by atoms with Gasteiger partial charge in [0.15, 0.2) is 0 Å². The van der Waals surface area contributed by atoms with Crippen LogP contribution in [-0.4, -0.2) is 13.4 Å². The van der Waals surface area contributed by atoms with E-state index in [0.29, 0.717) is 10.0 Å². The molecule has 1 unspecified atom stereocenters. The highest BCUT2D eigenvalue weighted by Crippen LogP contribution is 2.25. The first-order valence-electron chi connectivity index (χ1n) is 5.79. The third-order valence-electron chi connectivity index (χ3n) is 2.60. The summed E-state index contributed by atoms with van der Waals surface area (Å²) < 4.78 is 27.2. The number of anilines is 1. The zero-order valence-electron chi connectivity index (χ0n) is 10.9. The molecular formula is C12H14ClN3O2S2. The second kappa shape index (κ2) is 5.69. The molecular weight excluding hydrogens is 318 g/mol. The van der Waals surface area contributed by atoms with Gasteiger partial charge < -0.3 is 5.73 Å². The molecule has 5 nitrogen and oxygen atoms in total. The van der Waals surface area contributed by atoms with Crippen molar-refractivity contribution in [3.8, 4) is 0 Å². The van der Waals surface area contributed by atoms with Crippen LogP contribution in [0.3, 0.4) is 0 Å². The van der Waals surface area contributed by atoms with Gasteiger partial charge in [-0.15, -0.1) is 11.3 Å². The summed E-state index contributed by atoms with van der Waals surface area (Å²) in [5.41, 5.74) is 6.72. The number of hydrogen-bond acceptors (Lipinski definition) is 5. The molecule has 1 aromatic carbocycles. The van der Waals surface area contributed by atoms with E-state index >= 15 is 0 Å². The molecule has 0 aliphatic heterocycles. The zero-order valence-corrected chi connectivity index (χ0v) is 13.3. The van der Waals surface area contributed by atoms with Crippen molar-refractivity contribution in [2.24, 2.45) is 0 Å². The Labute approximate surface area is 126 Å². The number of aromatic nitrogens is 1. The van der Waals surface area contributed by atoms with Crippen LogP contribution < -0.4 is 10.5 Å². The Hall–Kier alpha value is -1.15. The van der Waals surface area contributed by atoms with E-state index in [1.807, 2.05) is 12.3 Å². The lowest BCUT2D eigenvalue weighted by molar-refractivity contribution is 0.566. The molecule has 0 spiro atoms. The minimum atomic E-state index is -3.74. The van der Waals surface area contributed by atoms with Crippen LogP contribution in [-0.2, 0) is 10.0 Å². The molecule has 2 aromatic rings. The van der Waals surface area contributed by atoms with Crippen LogP contribution in [0, 0.1) is 6.92 Å². The second-order valence-electron chi connectivity index (χ2n) is 4.35. The van der Waals surface area contributed by atoms with Gasteiger partial charge in [-0.05, 0) is 32.0 Å². The molecule has 0 saturated heterocycles. The quantitative estimate of drug-likeness (QED) is 0.843. The maximum absolute atomic E-state index is 12.3. The number of benzene rings is 1. The van der Waals surface area contributed by atoms with Gasteiger partial charge in [0.2, 0.25) is 10.0 Å². The molecule has 3 N–H and O–H groups in total. The standard InChI is InChI=1S/C12H14ClN3O2S2/c1-7-6-19-12(15-7)8(2)16-20(17,18)11-5-9(13)3-4-10(11)14/h3-6,8,16H,14H2,1-2H3. The number of nitrogen functional groups attached to an aromatic ring is 1. The summed E-state index contributed by atoms with van der Waals surface area (Å²) in [6.45, 7) is 3.59. The van der Waals surface area contributed by atoms with Crippen LogP contribution in [0.5, 0.6) is 0 Å². The third kappa shape index (κ3) is 3.29. The van der Waals surface area contributed by atoms with Gasteiger partial charge in [-0.1, -0.05) is 11.6 Å². The van der Waals surface area contributed by atoms with Gasteiger partial charge in [-0.3, -0.25) is 0 Å². The molecule has 1 heterocycles. The minimum Gasteiger partial charge on any atom is -0.398 e. The first kappa shape index (κ1) is 15.2. The Balaban J connectivity index is 2.29. The van der Waals surface area contributed by atoms with Gasteiger partial charge in [0.05, 0.1) is 11.7 Å². The number of nitrogens with two attached hydrogens (primary N) is 1. The average Bonchev–Trinajstić information content (AvgIpc) is 2.78.